The zero-order valence-electron chi connectivity index (χ0n) is 33.5. The Balaban J connectivity index is 0.000000191. The van der Waals surface area contributed by atoms with Gasteiger partial charge in [0.05, 0.1) is 39.9 Å². The SMILES string of the molecule is C.C.CC(C)(C)c1ccnc2c1C=CC2.CC(C)(C)c1ccnc2c1N=CC2.CC(C)(C)c1ncnc2c1C=CC2.CC(C)(C)c1ncnc2c1C=CC2. The summed E-state index contributed by atoms with van der Waals surface area (Å²) in [6.45, 7) is 26.4. The van der Waals surface area contributed by atoms with Gasteiger partial charge in [-0.25, -0.2) is 19.9 Å². The van der Waals surface area contributed by atoms with Crippen molar-refractivity contribution in [2.24, 2.45) is 4.99 Å². The lowest BCUT2D eigenvalue weighted by atomic mass is 9.84. The fourth-order valence-electron chi connectivity index (χ4n) is 6.74. The van der Waals surface area contributed by atoms with Crippen LogP contribution in [0.5, 0.6) is 0 Å². The number of aromatic nitrogens is 6. The van der Waals surface area contributed by atoms with Crippen molar-refractivity contribution in [2.75, 3.05) is 0 Å². The van der Waals surface area contributed by atoms with Crippen LogP contribution in [0.4, 0.5) is 5.69 Å². The summed E-state index contributed by atoms with van der Waals surface area (Å²) >= 11 is 0. The van der Waals surface area contributed by atoms with E-state index in [4.69, 9.17) is 0 Å². The second-order valence-electron chi connectivity index (χ2n) is 17.9. The summed E-state index contributed by atoms with van der Waals surface area (Å²) in [6.07, 6.45) is 25.8. The molecule has 1 aliphatic heterocycles. The normalized spacial score (nSPS) is 14.1. The molecule has 0 amide bonds. The Bertz CT molecular complexity index is 1730. The van der Waals surface area contributed by atoms with Gasteiger partial charge in [-0.05, 0) is 39.7 Å². The second-order valence-corrected chi connectivity index (χ2v) is 17.9. The number of fused-ring (bicyclic) bond motifs is 4. The zero-order chi connectivity index (χ0) is 37.9. The first-order chi connectivity index (χ1) is 24.4. The van der Waals surface area contributed by atoms with Crippen LogP contribution >= 0.6 is 0 Å². The molecule has 0 aromatic carbocycles. The molecule has 0 bridgehead atoms. The van der Waals surface area contributed by atoms with Crippen LogP contribution in [-0.4, -0.2) is 36.1 Å². The van der Waals surface area contributed by atoms with Gasteiger partial charge in [0.2, 0.25) is 0 Å². The fraction of sp³-hybridized carbons (Fsp3) is 0.468. The van der Waals surface area contributed by atoms with E-state index in [1.54, 1.807) is 12.7 Å². The predicted molar refractivity (Wildman–Crippen MR) is 231 cm³/mol. The third-order valence-corrected chi connectivity index (χ3v) is 9.33. The Morgan fingerprint density at radius 2 is 0.833 bits per heavy atom. The third-order valence-electron chi connectivity index (χ3n) is 9.33. The molecule has 0 unspecified atom stereocenters. The van der Waals surface area contributed by atoms with Crippen LogP contribution in [0, 0.1) is 0 Å². The summed E-state index contributed by atoms with van der Waals surface area (Å²) in [5, 5.41) is 0. The van der Waals surface area contributed by atoms with Gasteiger partial charge >= 0.3 is 0 Å². The number of nitrogens with zero attached hydrogens (tertiary/aromatic N) is 7. The minimum Gasteiger partial charge on any atom is -0.260 e. The summed E-state index contributed by atoms with van der Waals surface area (Å²) in [5.41, 5.74) is 15.2. The average Bonchev–Trinajstić information content (AvgIpc) is 3.89. The highest BCUT2D eigenvalue weighted by molar-refractivity contribution is 5.76. The number of aliphatic imine (C=N–C) groups is 1. The summed E-state index contributed by atoms with van der Waals surface area (Å²) in [7, 11) is 0. The maximum Gasteiger partial charge on any atom is 0.116 e. The van der Waals surface area contributed by atoms with Crippen LogP contribution in [0.2, 0.25) is 0 Å². The summed E-state index contributed by atoms with van der Waals surface area (Å²) in [5.74, 6) is 0. The molecule has 0 saturated heterocycles. The second kappa shape index (κ2) is 17.2. The van der Waals surface area contributed by atoms with Gasteiger partial charge in [0, 0.05) is 66.2 Å². The van der Waals surface area contributed by atoms with Crippen molar-refractivity contribution < 1.29 is 0 Å². The smallest absolute Gasteiger partial charge is 0.116 e. The van der Waals surface area contributed by atoms with Gasteiger partial charge in [-0.1, -0.05) is 134 Å². The molecule has 0 N–H and O–H groups in total. The van der Waals surface area contributed by atoms with Crippen molar-refractivity contribution in [3.63, 3.8) is 0 Å². The van der Waals surface area contributed by atoms with Gasteiger partial charge in [-0.2, -0.15) is 0 Å². The molecule has 0 spiro atoms. The van der Waals surface area contributed by atoms with E-state index in [1.807, 2.05) is 18.6 Å². The van der Waals surface area contributed by atoms with E-state index in [1.165, 1.54) is 44.9 Å². The minimum absolute atomic E-state index is 0. The lowest BCUT2D eigenvalue weighted by Gasteiger charge is -2.21. The van der Waals surface area contributed by atoms with Gasteiger partial charge < -0.3 is 0 Å². The number of hydrogen-bond donors (Lipinski definition) is 0. The molecule has 7 nitrogen and oxygen atoms in total. The minimum atomic E-state index is 0. The molecule has 0 atom stereocenters. The van der Waals surface area contributed by atoms with E-state index < -0.39 is 0 Å². The molecule has 4 aliphatic rings. The highest BCUT2D eigenvalue weighted by Gasteiger charge is 2.25. The molecule has 54 heavy (non-hydrogen) atoms. The Kier molecular flexibility index (Phi) is 13.9. The third kappa shape index (κ3) is 10.3. The van der Waals surface area contributed by atoms with Crippen LogP contribution in [0.3, 0.4) is 0 Å². The quantitative estimate of drug-likeness (QED) is 0.179. The average molecular weight is 728 g/mol. The highest BCUT2D eigenvalue weighted by Crippen LogP contribution is 2.35. The molecule has 0 saturated carbocycles. The topological polar surface area (TPSA) is 89.7 Å². The van der Waals surface area contributed by atoms with Crippen molar-refractivity contribution >= 4 is 30.1 Å². The summed E-state index contributed by atoms with van der Waals surface area (Å²) in [6, 6.07) is 4.20. The molecule has 0 radical (unpaired) electrons. The fourth-order valence-corrected chi connectivity index (χ4v) is 6.74. The maximum atomic E-state index is 4.38. The maximum absolute atomic E-state index is 4.38. The Morgan fingerprint density at radius 1 is 0.426 bits per heavy atom. The van der Waals surface area contributed by atoms with Gasteiger partial charge in [0.1, 0.15) is 12.7 Å². The number of rotatable bonds is 0. The van der Waals surface area contributed by atoms with E-state index in [9.17, 15) is 0 Å². The molecule has 5 heterocycles. The largest absolute Gasteiger partial charge is 0.260 e. The van der Waals surface area contributed by atoms with Crippen LogP contribution in [0.25, 0.3) is 18.2 Å². The first-order valence-electron chi connectivity index (χ1n) is 18.5. The summed E-state index contributed by atoms with van der Waals surface area (Å²) < 4.78 is 0. The number of hydrogen-bond acceptors (Lipinski definition) is 7. The van der Waals surface area contributed by atoms with Crippen molar-refractivity contribution in [3.8, 4) is 0 Å². The molecule has 0 fully saturated rings. The van der Waals surface area contributed by atoms with E-state index in [-0.39, 0.29) is 36.5 Å². The molecule has 4 aromatic rings. The lowest BCUT2D eigenvalue weighted by Crippen LogP contribution is -2.16. The van der Waals surface area contributed by atoms with Gasteiger partial charge in [-0.15, -0.1) is 0 Å². The molecular weight excluding hydrogens is 663 g/mol. The van der Waals surface area contributed by atoms with E-state index in [0.29, 0.717) is 0 Å². The van der Waals surface area contributed by atoms with Crippen LogP contribution in [0.1, 0.15) is 160 Å². The Hall–Kier alpha value is -4.65. The van der Waals surface area contributed by atoms with Gasteiger partial charge in [0.15, 0.2) is 0 Å². The molecule has 4 aromatic heterocycles. The van der Waals surface area contributed by atoms with Gasteiger partial charge in [0.25, 0.3) is 0 Å². The van der Waals surface area contributed by atoms with Crippen LogP contribution < -0.4 is 0 Å². The van der Waals surface area contributed by atoms with Crippen molar-refractivity contribution in [1.82, 2.24) is 29.9 Å². The standard InChI is InChI=1S/C12H15N.3C11H14N2.2CH4/c1-12(2,3)10-7-8-13-11-6-4-5-9(10)11;1-11(2,3)8-4-6-12-9-5-7-13-10(8)9;2*1-11(2,3)10-8-5-4-6-9(8)12-7-13-10;;/h4-5,7-8H,6H2,1-3H3;4,6-7H,5H2,1-3H3;2*4-5,7H,6H2,1-3H3;2*1H4. The highest BCUT2D eigenvalue weighted by atomic mass is 14.9. The first-order valence-corrected chi connectivity index (χ1v) is 18.5. The van der Waals surface area contributed by atoms with E-state index >= 15 is 0 Å². The van der Waals surface area contributed by atoms with E-state index in [2.05, 4.69) is 167 Å². The Labute approximate surface area is 326 Å². The lowest BCUT2D eigenvalue weighted by molar-refractivity contribution is 0.564. The Morgan fingerprint density at radius 3 is 1.28 bits per heavy atom. The molecule has 7 heteroatoms. The van der Waals surface area contributed by atoms with Gasteiger partial charge in [-0.3, -0.25) is 15.0 Å². The molecular formula is C47H65N7. The van der Waals surface area contributed by atoms with Crippen LogP contribution in [0.15, 0.2) is 60.4 Å². The van der Waals surface area contributed by atoms with Crippen molar-refractivity contribution in [1.29, 1.82) is 0 Å². The molecule has 288 valence electrons. The molecule has 8 rings (SSSR count). The molecule has 3 aliphatic carbocycles. The van der Waals surface area contributed by atoms with Crippen LogP contribution in [-0.2, 0) is 47.3 Å². The number of pyridine rings is 2. The zero-order valence-corrected chi connectivity index (χ0v) is 33.5. The first kappa shape index (κ1) is 43.8. The number of allylic oxidation sites excluding steroid dienone is 3. The van der Waals surface area contributed by atoms with E-state index in [0.717, 1.165) is 48.5 Å². The monoisotopic (exact) mass is 728 g/mol. The van der Waals surface area contributed by atoms with Crippen molar-refractivity contribution in [2.45, 2.75) is 145 Å². The van der Waals surface area contributed by atoms with Crippen molar-refractivity contribution in [3.05, 3.63) is 117 Å². The predicted octanol–water partition coefficient (Wildman–Crippen LogP) is 11.5. The summed E-state index contributed by atoms with van der Waals surface area (Å²) in [4.78, 5) is 30.3.